The zero-order chi connectivity index (χ0) is 13.1. The molecule has 0 bridgehead atoms. The summed E-state index contributed by atoms with van der Waals surface area (Å²) in [5.74, 6) is -0.379. The third-order valence-corrected chi connectivity index (χ3v) is 3.43. The number of sulfone groups is 1. The van der Waals surface area contributed by atoms with Gasteiger partial charge in [0.25, 0.3) is 9.84 Å². The van der Waals surface area contributed by atoms with Crippen LogP contribution in [0, 0.1) is 0 Å². The second-order valence-electron chi connectivity index (χ2n) is 3.80. The fraction of sp³-hybridized carbons (Fsp3) is 0.364. The number of hydrogen-bond donors (Lipinski definition) is 0. The molecule has 0 saturated heterocycles. The molecule has 0 aliphatic rings. The van der Waals surface area contributed by atoms with Gasteiger partial charge in [-0.2, -0.15) is 0 Å². The highest BCUT2D eigenvalue weighted by Gasteiger charge is 2.25. The number of carbonyl (C=O) groups excluding carboxylic acids is 1. The van der Waals surface area contributed by atoms with E-state index >= 15 is 0 Å². The normalized spacial score (nSPS) is 11.5. The molecule has 0 spiro atoms. The predicted octanol–water partition coefficient (Wildman–Crippen LogP) is 2.80. The molecule has 0 unspecified atom stereocenters. The molecule has 1 rings (SSSR count). The van der Waals surface area contributed by atoms with Crippen LogP contribution in [-0.4, -0.2) is 19.8 Å². The highest BCUT2D eigenvalue weighted by atomic mass is 35.5. The maximum atomic E-state index is 11.6. The van der Waals surface area contributed by atoms with Crippen LogP contribution in [0.2, 0.25) is 5.02 Å². The third-order valence-electron chi connectivity index (χ3n) is 1.86. The van der Waals surface area contributed by atoms with Crippen LogP contribution >= 0.6 is 11.6 Å². The molecule has 0 aliphatic heterocycles. The summed E-state index contributed by atoms with van der Waals surface area (Å²) in [6, 6.07) is 6.26. The summed E-state index contributed by atoms with van der Waals surface area (Å²) in [6.45, 7) is 3.19. The van der Waals surface area contributed by atoms with E-state index in [-0.39, 0.29) is 5.75 Å². The van der Waals surface area contributed by atoms with Crippen LogP contribution in [0.3, 0.4) is 0 Å². The minimum atomic E-state index is -3.93. The lowest BCUT2D eigenvalue weighted by Gasteiger charge is -2.08. The van der Waals surface area contributed by atoms with Gasteiger partial charge in [0.1, 0.15) is 0 Å². The van der Waals surface area contributed by atoms with E-state index in [2.05, 4.69) is 4.74 Å². The van der Waals surface area contributed by atoms with Gasteiger partial charge in [-0.15, -0.1) is 0 Å². The summed E-state index contributed by atoms with van der Waals surface area (Å²) >= 11 is 5.67. The van der Waals surface area contributed by atoms with E-state index < -0.39 is 21.2 Å². The second kappa shape index (κ2) is 5.51. The molecule has 1 aromatic carbocycles. The zero-order valence-electron chi connectivity index (χ0n) is 9.51. The Hall–Kier alpha value is -1.07. The van der Waals surface area contributed by atoms with Gasteiger partial charge in [-0.25, -0.2) is 13.2 Å². The molecule has 0 N–H and O–H groups in total. The molecule has 94 valence electrons. The minimum Gasteiger partial charge on any atom is -0.451 e. The van der Waals surface area contributed by atoms with Crippen molar-refractivity contribution in [3.05, 3.63) is 34.9 Å². The topological polar surface area (TPSA) is 60.4 Å². The van der Waals surface area contributed by atoms with Crippen molar-refractivity contribution in [2.24, 2.45) is 0 Å². The lowest BCUT2D eigenvalue weighted by molar-refractivity contribution is 0.140. The Kier molecular flexibility index (Phi) is 4.54. The largest absolute Gasteiger partial charge is 0.451 e. The molecule has 1 aromatic rings. The summed E-state index contributed by atoms with van der Waals surface area (Å²) in [5.41, 5.74) is 0.495. The summed E-state index contributed by atoms with van der Waals surface area (Å²) in [7, 11) is -3.93. The van der Waals surface area contributed by atoms with Crippen molar-refractivity contribution in [1.82, 2.24) is 0 Å². The molecule has 0 amide bonds. The first-order chi connectivity index (χ1) is 7.81. The van der Waals surface area contributed by atoms with Gasteiger partial charge in [-0.1, -0.05) is 23.7 Å². The number of carbonyl (C=O) groups is 1. The number of hydrogen-bond acceptors (Lipinski definition) is 4. The van der Waals surface area contributed by atoms with E-state index in [1.807, 2.05) is 0 Å². The number of rotatable bonds is 3. The standard InChI is InChI=1S/C11H13ClO4S/c1-8(2)16-11(13)17(14,15)7-9-3-5-10(12)6-4-9/h3-6,8H,7H2,1-2H3. The van der Waals surface area contributed by atoms with Gasteiger partial charge in [0, 0.05) is 5.02 Å². The monoisotopic (exact) mass is 276 g/mol. The lowest BCUT2D eigenvalue weighted by atomic mass is 10.2. The summed E-state index contributed by atoms with van der Waals surface area (Å²) < 4.78 is 27.9. The van der Waals surface area contributed by atoms with E-state index in [1.54, 1.807) is 38.1 Å². The molecule has 6 heteroatoms. The first-order valence-electron chi connectivity index (χ1n) is 4.99. The van der Waals surface area contributed by atoms with Crippen LogP contribution in [0.25, 0.3) is 0 Å². The highest BCUT2D eigenvalue weighted by molar-refractivity contribution is 8.05. The average molecular weight is 277 g/mol. The molecule has 0 radical (unpaired) electrons. The second-order valence-corrected chi connectivity index (χ2v) is 6.09. The van der Waals surface area contributed by atoms with Crippen molar-refractivity contribution in [2.75, 3.05) is 0 Å². The fourth-order valence-electron chi connectivity index (χ4n) is 1.12. The Bertz CT molecular complexity index is 491. The van der Waals surface area contributed by atoms with Crippen LogP contribution in [0.5, 0.6) is 0 Å². The Balaban J connectivity index is 2.79. The van der Waals surface area contributed by atoms with Crippen LogP contribution in [0.1, 0.15) is 19.4 Å². The van der Waals surface area contributed by atoms with Crippen molar-refractivity contribution in [3.63, 3.8) is 0 Å². The minimum absolute atomic E-state index is 0.379. The van der Waals surface area contributed by atoms with E-state index in [0.717, 1.165) is 0 Å². The first kappa shape index (κ1) is 14.0. The predicted molar refractivity (Wildman–Crippen MR) is 65.7 cm³/mol. The van der Waals surface area contributed by atoms with Crippen LogP contribution in [0.15, 0.2) is 24.3 Å². The molecular formula is C11H13ClO4S. The molecule has 0 heterocycles. The quantitative estimate of drug-likeness (QED) is 0.797. The van der Waals surface area contributed by atoms with E-state index in [4.69, 9.17) is 11.6 Å². The highest BCUT2D eigenvalue weighted by Crippen LogP contribution is 2.13. The van der Waals surface area contributed by atoms with Crippen molar-refractivity contribution < 1.29 is 17.9 Å². The molecule has 17 heavy (non-hydrogen) atoms. The molecule has 0 aromatic heterocycles. The van der Waals surface area contributed by atoms with Crippen molar-refractivity contribution in [3.8, 4) is 0 Å². The zero-order valence-corrected chi connectivity index (χ0v) is 11.1. The van der Waals surface area contributed by atoms with Crippen molar-refractivity contribution in [1.29, 1.82) is 0 Å². The van der Waals surface area contributed by atoms with Crippen LogP contribution < -0.4 is 0 Å². The van der Waals surface area contributed by atoms with Crippen LogP contribution in [-0.2, 0) is 20.3 Å². The molecule has 4 nitrogen and oxygen atoms in total. The van der Waals surface area contributed by atoms with Gasteiger partial charge in [0.2, 0.25) is 0 Å². The molecular weight excluding hydrogens is 264 g/mol. The fourth-order valence-corrected chi connectivity index (χ4v) is 2.34. The average Bonchev–Trinajstić information content (AvgIpc) is 2.20. The molecule has 0 fully saturated rings. The third kappa shape index (κ3) is 4.36. The van der Waals surface area contributed by atoms with Crippen molar-refractivity contribution >= 4 is 26.7 Å². The van der Waals surface area contributed by atoms with Gasteiger partial charge in [-0.3, -0.25) is 0 Å². The summed E-state index contributed by atoms with van der Waals surface area (Å²) in [6.07, 6.45) is -0.456. The summed E-state index contributed by atoms with van der Waals surface area (Å²) in [4.78, 5) is 11.3. The van der Waals surface area contributed by atoms with E-state index in [9.17, 15) is 13.2 Å². The Morgan fingerprint density at radius 3 is 2.29 bits per heavy atom. The van der Waals surface area contributed by atoms with Gasteiger partial charge in [0.05, 0.1) is 11.9 Å². The van der Waals surface area contributed by atoms with Gasteiger partial charge in [0.15, 0.2) is 0 Å². The smallest absolute Gasteiger partial charge is 0.425 e. The van der Waals surface area contributed by atoms with Gasteiger partial charge in [-0.05, 0) is 31.5 Å². The number of ether oxygens (including phenoxy) is 1. The van der Waals surface area contributed by atoms with E-state index in [1.165, 1.54) is 0 Å². The van der Waals surface area contributed by atoms with E-state index in [0.29, 0.717) is 10.6 Å². The molecule has 0 atom stereocenters. The Morgan fingerprint density at radius 2 is 1.82 bits per heavy atom. The number of benzene rings is 1. The molecule has 0 aliphatic carbocycles. The maximum Gasteiger partial charge on any atom is 0.425 e. The SMILES string of the molecule is CC(C)OC(=O)S(=O)(=O)Cc1ccc(Cl)cc1. The Morgan fingerprint density at radius 1 is 1.29 bits per heavy atom. The first-order valence-corrected chi connectivity index (χ1v) is 7.02. The van der Waals surface area contributed by atoms with Gasteiger partial charge < -0.3 is 4.74 Å². The molecule has 0 saturated carbocycles. The summed E-state index contributed by atoms with van der Waals surface area (Å²) in [5, 5.41) is -0.682. The van der Waals surface area contributed by atoms with Crippen LogP contribution in [0.4, 0.5) is 4.79 Å². The maximum absolute atomic E-state index is 11.6. The van der Waals surface area contributed by atoms with Crippen molar-refractivity contribution in [2.45, 2.75) is 25.7 Å². The number of halogens is 1. The van der Waals surface area contributed by atoms with Gasteiger partial charge >= 0.3 is 5.30 Å². The lowest BCUT2D eigenvalue weighted by Crippen LogP contribution is -2.21. The Labute approximate surface area is 105 Å².